The standard InChI is InChI=1S/C17H28O3S/c1-15(2)21(18,19)14-8-6-4-5-7-9-16-10-12-17(20-3)13-11-16/h10-13,15H,4-9,14H2,1-3H3. The second-order valence-corrected chi connectivity index (χ2v) is 8.46. The average Bonchev–Trinajstić information content (AvgIpc) is 2.46. The van der Waals surface area contributed by atoms with Crippen molar-refractivity contribution in [3.8, 4) is 5.75 Å². The molecule has 0 saturated carbocycles. The van der Waals surface area contributed by atoms with E-state index in [0.717, 1.165) is 44.3 Å². The molecule has 1 aromatic carbocycles. The zero-order valence-corrected chi connectivity index (χ0v) is 14.3. The number of rotatable bonds is 10. The second-order valence-electron chi connectivity index (χ2n) is 5.78. The summed E-state index contributed by atoms with van der Waals surface area (Å²) in [5.41, 5.74) is 1.33. The Morgan fingerprint density at radius 1 is 0.952 bits per heavy atom. The maximum atomic E-state index is 11.6. The molecule has 120 valence electrons. The molecule has 0 aliphatic heterocycles. The summed E-state index contributed by atoms with van der Waals surface area (Å²) in [4.78, 5) is 0. The van der Waals surface area contributed by atoms with Crippen LogP contribution < -0.4 is 4.74 Å². The topological polar surface area (TPSA) is 43.4 Å². The van der Waals surface area contributed by atoms with Crippen LogP contribution in [0.2, 0.25) is 0 Å². The van der Waals surface area contributed by atoms with Gasteiger partial charge in [-0.3, -0.25) is 0 Å². The number of methoxy groups -OCH3 is 1. The third kappa shape index (κ3) is 6.98. The van der Waals surface area contributed by atoms with Crippen molar-refractivity contribution in [3.63, 3.8) is 0 Å². The molecule has 3 nitrogen and oxygen atoms in total. The van der Waals surface area contributed by atoms with Crippen LogP contribution in [-0.2, 0) is 16.3 Å². The lowest BCUT2D eigenvalue weighted by molar-refractivity contribution is 0.414. The molecule has 0 bridgehead atoms. The lowest BCUT2D eigenvalue weighted by Crippen LogP contribution is -2.17. The predicted octanol–water partition coefficient (Wildman–Crippen LogP) is 4.01. The highest BCUT2D eigenvalue weighted by atomic mass is 32.2. The van der Waals surface area contributed by atoms with E-state index in [1.165, 1.54) is 5.56 Å². The molecule has 4 heteroatoms. The largest absolute Gasteiger partial charge is 0.497 e. The summed E-state index contributed by atoms with van der Waals surface area (Å²) < 4.78 is 28.4. The smallest absolute Gasteiger partial charge is 0.152 e. The highest BCUT2D eigenvalue weighted by Gasteiger charge is 2.14. The van der Waals surface area contributed by atoms with E-state index in [4.69, 9.17) is 4.74 Å². The second kappa shape index (κ2) is 9.08. The number of aryl methyl sites for hydroxylation is 1. The number of benzene rings is 1. The van der Waals surface area contributed by atoms with Gasteiger partial charge in [0.05, 0.1) is 18.1 Å². The van der Waals surface area contributed by atoms with Crippen molar-refractivity contribution >= 4 is 9.84 Å². The Kier molecular flexibility index (Phi) is 7.79. The van der Waals surface area contributed by atoms with Crippen LogP contribution in [0.25, 0.3) is 0 Å². The first kappa shape index (κ1) is 18.0. The maximum Gasteiger partial charge on any atom is 0.152 e. The van der Waals surface area contributed by atoms with Gasteiger partial charge in [0.1, 0.15) is 5.75 Å². The van der Waals surface area contributed by atoms with Gasteiger partial charge in [-0.05, 0) is 50.8 Å². The van der Waals surface area contributed by atoms with Crippen LogP contribution in [0.3, 0.4) is 0 Å². The van der Waals surface area contributed by atoms with Crippen LogP contribution in [0.15, 0.2) is 24.3 Å². The lowest BCUT2D eigenvalue weighted by atomic mass is 10.1. The van der Waals surface area contributed by atoms with Crippen molar-refractivity contribution in [3.05, 3.63) is 29.8 Å². The van der Waals surface area contributed by atoms with Gasteiger partial charge in [-0.25, -0.2) is 8.42 Å². The lowest BCUT2D eigenvalue weighted by Gasteiger charge is -2.07. The summed E-state index contributed by atoms with van der Waals surface area (Å²) in [7, 11) is -1.18. The van der Waals surface area contributed by atoms with Crippen LogP contribution >= 0.6 is 0 Å². The van der Waals surface area contributed by atoms with Crippen LogP contribution in [0.1, 0.15) is 51.5 Å². The van der Waals surface area contributed by atoms with Gasteiger partial charge in [-0.15, -0.1) is 0 Å². The highest BCUT2D eigenvalue weighted by Crippen LogP contribution is 2.14. The van der Waals surface area contributed by atoms with Gasteiger partial charge >= 0.3 is 0 Å². The zero-order valence-electron chi connectivity index (χ0n) is 13.5. The first-order valence-corrected chi connectivity index (χ1v) is 9.52. The van der Waals surface area contributed by atoms with Crippen molar-refractivity contribution in [2.45, 2.75) is 57.6 Å². The third-order valence-electron chi connectivity index (χ3n) is 3.77. The molecule has 0 N–H and O–H groups in total. The first-order valence-electron chi connectivity index (χ1n) is 7.80. The molecule has 0 aliphatic rings. The monoisotopic (exact) mass is 312 g/mol. The van der Waals surface area contributed by atoms with Gasteiger partial charge in [0.25, 0.3) is 0 Å². The SMILES string of the molecule is COc1ccc(CCCCCCCS(=O)(=O)C(C)C)cc1. The van der Waals surface area contributed by atoms with E-state index in [-0.39, 0.29) is 5.25 Å². The highest BCUT2D eigenvalue weighted by molar-refractivity contribution is 7.91. The summed E-state index contributed by atoms with van der Waals surface area (Å²) in [6.45, 7) is 3.51. The minimum absolute atomic E-state index is 0.243. The Bertz CT molecular complexity index is 489. The molecule has 0 saturated heterocycles. The summed E-state index contributed by atoms with van der Waals surface area (Å²) in [6.07, 6.45) is 6.31. The van der Waals surface area contributed by atoms with Crippen molar-refractivity contribution in [2.24, 2.45) is 0 Å². The molecular formula is C17H28O3S. The van der Waals surface area contributed by atoms with E-state index < -0.39 is 9.84 Å². The number of unbranched alkanes of at least 4 members (excludes halogenated alkanes) is 4. The molecule has 0 aliphatic carbocycles. The van der Waals surface area contributed by atoms with Crippen molar-refractivity contribution in [1.82, 2.24) is 0 Å². The minimum Gasteiger partial charge on any atom is -0.497 e. The van der Waals surface area contributed by atoms with E-state index in [1.807, 2.05) is 12.1 Å². The third-order valence-corrected chi connectivity index (χ3v) is 6.07. The molecular weight excluding hydrogens is 284 g/mol. The fourth-order valence-electron chi connectivity index (χ4n) is 2.19. The zero-order chi connectivity index (χ0) is 15.7. The van der Waals surface area contributed by atoms with Crippen molar-refractivity contribution in [1.29, 1.82) is 0 Å². The number of sulfone groups is 1. The Labute approximate surface area is 129 Å². The Hall–Kier alpha value is -1.03. The van der Waals surface area contributed by atoms with E-state index in [9.17, 15) is 8.42 Å². The fraction of sp³-hybridized carbons (Fsp3) is 0.647. The molecule has 0 amide bonds. The van der Waals surface area contributed by atoms with Gasteiger partial charge in [-0.2, -0.15) is 0 Å². The van der Waals surface area contributed by atoms with Gasteiger partial charge in [0.15, 0.2) is 9.84 Å². The van der Waals surface area contributed by atoms with Crippen molar-refractivity contribution in [2.75, 3.05) is 12.9 Å². The molecule has 1 aromatic rings. The minimum atomic E-state index is -2.85. The van der Waals surface area contributed by atoms with Crippen LogP contribution in [0, 0.1) is 0 Å². The summed E-state index contributed by atoms with van der Waals surface area (Å²) in [6, 6.07) is 8.19. The van der Waals surface area contributed by atoms with E-state index in [0.29, 0.717) is 5.75 Å². The molecule has 0 spiro atoms. The van der Waals surface area contributed by atoms with Crippen LogP contribution in [-0.4, -0.2) is 26.5 Å². The van der Waals surface area contributed by atoms with Crippen molar-refractivity contribution < 1.29 is 13.2 Å². The summed E-state index contributed by atoms with van der Waals surface area (Å²) >= 11 is 0. The maximum absolute atomic E-state index is 11.6. The first-order chi connectivity index (χ1) is 9.95. The van der Waals surface area contributed by atoms with E-state index in [1.54, 1.807) is 21.0 Å². The molecule has 0 radical (unpaired) electrons. The van der Waals surface area contributed by atoms with Gasteiger partial charge in [0.2, 0.25) is 0 Å². The molecule has 0 aromatic heterocycles. The van der Waals surface area contributed by atoms with Gasteiger partial charge < -0.3 is 4.74 Å². The van der Waals surface area contributed by atoms with Gasteiger partial charge in [0, 0.05) is 0 Å². The summed E-state index contributed by atoms with van der Waals surface area (Å²) in [5.74, 6) is 1.23. The predicted molar refractivity (Wildman–Crippen MR) is 88.7 cm³/mol. The molecule has 21 heavy (non-hydrogen) atoms. The molecule has 0 heterocycles. The Morgan fingerprint density at radius 2 is 1.52 bits per heavy atom. The molecule has 0 atom stereocenters. The normalized spacial score (nSPS) is 11.8. The Morgan fingerprint density at radius 3 is 2.10 bits per heavy atom. The fourth-order valence-corrected chi connectivity index (χ4v) is 3.27. The molecule has 0 fully saturated rings. The number of ether oxygens (including phenoxy) is 1. The van der Waals surface area contributed by atoms with Gasteiger partial charge in [-0.1, -0.05) is 31.4 Å². The average molecular weight is 312 g/mol. The molecule has 0 unspecified atom stereocenters. The quantitative estimate of drug-likeness (QED) is 0.613. The van der Waals surface area contributed by atoms with Crippen LogP contribution in [0.4, 0.5) is 0 Å². The van der Waals surface area contributed by atoms with E-state index in [2.05, 4.69) is 12.1 Å². The Balaban J connectivity index is 2.09. The number of hydrogen-bond donors (Lipinski definition) is 0. The van der Waals surface area contributed by atoms with E-state index >= 15 is 0 Å². The summed E-state index contributed by atoms with van der Waals surface area (Å²) in [5, 5.41) is -0.243. The van der Waals surface area contributed by atoms with Crippen LogP contribution in [0.5, 0.6) is 5.75 Å². The molecule has 1 rings (SSSR count). The number of hydrogen-bond acceptors (Lipinski definition) is 3.